The Bertz CT molecular complexity index is 942. The number of thioether (sulfide) groups is 1. The molecule has 24 heavy (non-hydrogen) atoms. The Hall–Kier alpha value is -3.01. The molecule has 0 heterocycles. The number of benzene rings is 3. The molecule has 1 nitrogen and oxygen atoms in total. The van der Waals surface area contributed by atoms with Gasteiger partial charge < -0.3 is 0 Å². The molecule has 0 radical (unpaired) electrons. The number of thiocyanates is 1. The van der Waals surface area contributed by atoms with Crippen molar-refractivity contribution in [3.05, 3.63) is 89.7 Å². The van der Waals surface area contributed by atoms with Gasteiger partial charge in [0.05, 0.1) is 5.56 Å². The maximum Gasteiger partial charge on any atom is 0.138 e. The lowest BCUT2D eigenvalue weighted by Gasteiger charge is -2.02. The van der Waals surface area contributed by atoms with Gasteiger partial charge in [0.2, 0.25) is 0 Å². The summed E-state index contributed by atoms with van der Waals surface area (Å²) in [5.74, 6) is 5.52. The standard InChI is InChI=1S/C21H12FNS/c22-21-4-2-1-3-19(21)10-7-16-5-8-17(9-6-16)18-11-13-20(14-12-18)24-15-23/h1-6,8-9,11-14H. The molecule has 0 aliphatic carbocycles. The Labute approximate surface area is 144 Å². The minimum atomic E-state index is -0.308. The van der Waals surface area contributed by atoms with Crippen LogP contribution in [-0.2, 0) is 0 Å². The maximum absolute atomic E-state index is 13.5. The highest BCUT2D eigenvalue weighted by Crippen LogP contribution is 2.24. The van der Waals surface area contributed by atoms with E-state index in [9.17, 15) is 4.39 Å². The van der Waals surface area contributed by atoms with Crippen LogP contribution in [0.25, 0.3) is 11.1 Å². The fraction of sp³-hybridized carbons (Fsp3) is 0. The highest BCUT2D eigenvalue weighted by atomic mass is 32.2. The minimum Gasteiger partial charge on any atom is -0.206 e. The molecule has 0 unspecified atom stereocenters. The topological polar surface area (TPSA) is 23.8 Å². The predicted molar refractivity (Wildman–Crippen MR) is 95.7 cm³/mol. The molecule has 0 aliphatic heterocycles. The first-order valence-corrected chi connectivity index (χ1v) is 8.11. The molecule has 0 bridgehead atoms. The average Bonchev–Trinajstić information content (AvgIpc) is 2.63. The zero-order valence-electron chi connectivity index (χ0n) is 12.7. The van der Waals surface area contributed by atoms with E-state index in [-0.39, 0.29) is 5.82 Å². The summed E-state index contributed by atoms with van der Waals surface area (Å²) in [4.78, 5) is 0.925. The van der Waals surface area contributed by atoms with Crippen LogP contribution < -0.4 is 0 Å². The lowest BCUT2D eigenvalue weighted by atomic mass is 10.0. The van der Waals surface area contributed by atoms with E-state index >= 15 is 0 Å². The maximum atomic E-state index is 13.5. The average molecular weight is 329 g/mol. The molecule has 3 rings (SSSR count). The van der Waals surface area contributed by atoms with E-state index in [1.165, 1.54) is 6.07 Å². The molecule has 3 aromatic carbocycles. The Morgan fingerprint density at radius 1 is 0.750 bits per heavy atom. The zero-order chi connectivity index (χ0) is 16.8. The summed E-state index contributed by atoms with van der Waals surface area (Å²) in [6.45, 7) is 0. The second-order valence-electron chi connectivity index (χ2n) is 5.02. The van der Waals surface area contributed by atoms with Gasteiger partial charge in [-0.2, -0.15) is 5.26 Å². The van der Waals surface area contributed by atoms with Crippen molar-refractivity contribution in [2.24, 2.45) is 0 Å². The van der Waals surface area contributed by atoms with Crippen molar-refractivity contribution in [1.29, 1.82) is 5.26 Å². The van der Waals surface area contributed by atoms with Crippen LogP contribution in [0.1, 0.15) is 11.1 Å². The van der Waals surface area contributed by atoms with E-state index in [1.807, 2.05) is 48.5 Å². The molecule has 0 amide bonds. The molecule has 0 atom stereocenters. The lowest BCUT2D eigenvalue weighted by Crippen LogP contribution is -1.82. The first-order chi connectivity index (χ1) is 11.8. The van der Waals surface area contributed by atoms with Crippen LogP contribution in [0.3, 0.4) is 0 Å². The van der Waals surface area contributed by atoms with Gasteiger partial charge in [-0.3, -0.25) is 0 Å². The molecule has 3 heteroatoms. The fourth-order valence-corrected chi connectivity index (χ4v) is 2.59. The van der Waals surface area contributed by atoms with Crippen molar-refractivity contribution < 1.29 is 4.39 Å². The Balaban J connectivity index is 1.79. The van der Waals surface area contributed by atoms with E-state index in [0.29, 0.717) is 5.56 Å². The summed E-state index contributed by atoms with van der Waals surface area (Å²) in [5.41, 5.74) is 3.37. The van der Waals surface area contributed by atoms with Gasteiger partial charge in [0.25, 0.3) is 0 Å². The van der Waals surface area contributed by atoms with Crippen LogP contribution in [-0.4, -0.2) is 0 Å². The summed E-state index contributed by atoms with van der Waals surface area (Å²) < 4.78 is 13.5. The van der Waals surface area contributed by atoms with Gasteiger partial charge in [0.15, 0.2) is 0 Å². The van der Waals surface area contributed by atoms with Crippen LogP contribution in [0, 0.1) is 28.3 Å². The fourth-order valence-electron chi connectivity index (χ4n) is 2.22. The van der Waals surface area contributed by atoms with E-state index in [0.717, 1.165) is 33.3 Å². The molecule has 0 fully saturated rings. The van der Waals surface area contributed by atoms with E-state index < -0.39 is 0 Å². The molecule has 0 aliphatic rings. The van der Waals surface area contributed by atoms with Crippen molar-refractivity contribution in [2.45, 2.75) is 4.90 Å². The van der Waals surface area contributed by atoms with Crippen molar-refractivity contribution in [2.75, 3.05) is 0 Å². The van der Waals surface area contributed by atoms with Crippen LogP contribution in [0.4, 0.5) is 4.39 Å². The summed E-state index contributed by atoms with van der Waals surface area (Å²) in [6.07, 6.45) is 0. The van der Waals surface area contributed by atoms with Gasteiger partial charge in [0, 0.05) is 10.5 Å². The number of rotatable bonds is 2. The second-order valence-corrected chi connectivity index (χ2v) is 5.88. The van der Waals surface area contributed by atoms with E-state index in [1.54, 1.807) is 18.2 Å². The Morgan fingerprint density at radius 3 is 2.00 bits per heavy atom. The largest absolute Gasteiger partial charge is 0.206 e. The van der Waals surface area contributed by atoms with Gasteiger partial charge in [-0.05, 0) is 59.3 Å². The quantitative estimate of drug-likeness (QED) is 0.354. The zero-order valence-corrected chi connectivity index (χ0v) is 13.5. The normalized spacial score (nSPS) is 9.67. The van der Waals surface area contributed by atoms with Crippen molar-refractivity contribution >= 4 is 11.8 Å². The molecule has 0 N–H and O–H groups in total. The molecule has 3 aromatic rings. The van der Waals surface area contributed by atoms with Crippen LogP contribution in [0.2, 0.25) is 0 Å². The van der Waals surface area contributed by atoms with Gasteiger partial charge >= 0.3 is 0 Å². The third-order valence-electron chi connectivity index (χ3n) is 3.45. The molecule has 0 spiro atoms. The van der Waals surface area contributed by atoms with E-state index in [2.05, 4.69) is 17.2 Å². The first kappa shape index (κ1) is 15.9. The molecular weight excluding hydrogens is 317 g/mol. The highest BCUT2D eigenvalue weighted by Gasteiger charge is 1.99. The van der Waals surface area contributed by atoms with Crippen LogP contribution >= 0.6 is 11.8 Å². The van der Waals surface area contributed by atoms with Crippen molar-refractivity contribution in [3.63, 3.8) is 0 Å². The monoisotopic (exact) mass is 329 g/mol. The van der Waals surface area contributed by atoms with Gasteiger partial charge in [-0.15, -0.1) is 0 Å². The number of hydrogen-bond donors (Lipinski definition) is 0. The number of nitriles is 1. The molecule has 0 saturated carbocycles. The predicted octanol–water partition coefficient (Wildman–Crippen LogP) is 5.47. The summed E-state index contributed by atoms with van der Waals surface area (Å²) in [6, 6.07) is 22.1. The summed E-state index contributed by atoms with van der Waals surface area (Å²) in [5, 5.41) is 10.7. The molecule has 114 valence electrons. The van der Waals surface area contributed by atoms with Crippen LogP contribution in [0.5, 0.6) is 0 Å². The highest BCUT2D eigenvalue weighted by molar-refractivity contribution is 8.03. The van der Waals surface area contributed by atoms with E-state index in [4.69, 9.17) is 5.26 Å². The third-order valence-corrected chi connectivity index (χ3v) is 4.05. The Kier molecular flexibility index (Phi) is 4.96. The summed E-state index contributed by atoms with van der Waals surface area (Å²) >= 11 is 1.14. The Morgan fingerprint density at radius 2 is 1.38 bits per heavy atom. The van der Waals surface area contributed by atoms with Gasteiger partial charge in [-0.1, -0.05) is 48.2 Å². The SMILES string of the molecule is N#CSc1ccc(-c2ccc(C#Cc3ccccc3F)cc2)cc1. The van der Waals surface area contributed by atoms with Crippen LogP contribution in [0.15, 0.2) is 77.7 Å². The molecule has 0 saturated heterocycles. The van der Waals surface area contributed by atoms with Gasteiger partial charge in [-0.25, -0.2) is 4.39 Å². The molecule has 0 aromatic heterocycles. The second kappa shape index (κ2) is 7.51. The molecular formula is C21H12FNS. The van der Waals surface area contributed by atoms with Crippen molar-refractivity contribution in [1.82, 2.24) is 0 Å². The lowest BCUT2D eigenvalue weighted by molar-refractivity contribution is 0.624. The summed E-state index contributed by atoms with van der Waals surface area (Å²) in [7, 11) is 0. The minimum absolute atomic E-state index is 0.308. The van der Waals surface area contributed by atoms with Crippen molar-refractivity contribution in [3.8, 4) is 28.4 Å². The number of halogens is 1. The van der Waals surface area contributed by atoms with Gasteiger partial charge in [0.1, 0.15) is 11.2 Å². The number of hydrogen-bond acceptors (Lipinski definition) is 2. The third kappa shape index (κ3) is 3.84. The first-order valence-electron chi connectivity index (χ1n) is 7.29. The number of nitrogens with zero attached hydrogens (tertiary/aromatic N) is 1. The smallest absolute Gasteiger partial charge is 0.138 e.